The van der Waals surface area contributed by atoms with Crippen molar-refractivity contribution in [1.29, 1.82) is 0 Å². The molecule has 2 N–H and O–H groups in total. The van der Waals surface area contributed by atoms with Crippen molar-refractivity contribution in [3.63, 3.8) is 0 Å². The van der Waals surface area contributed by atoms with Crippen molar-refractivity contribution in [3.05, 3.63) is 12.2 Å². The van der Waals surface area contributed by atoms with Gasteiger partial charge in [0.15, 0.2) is 6.10 Å². The lowest BCUT2D eigenvalue weighted by Crippen LogP contribution is -2.30. The maximum Gasteiger partial charge on any atom is 0.472 e. The molecule has 78 heavy (non-hydrogen) atoms. The third-order valence-corrected chi connectivity index (χ3v) is 16.1. The van der Waals surface area contributed by atoms with Gasteiger partial charge in [-0.25, -0.2) is 4.57 Å². The predicted molar refractivity (Wildman–Crippen MR) is 326 cm³/mol. The summed E-state index contributed by atoms with van der Waals surface area (Å²) in [5.41, 5.74) is 0. The standard InChI is InChI=1S/C66H127O11P/c1-4-7-10-13-16-19-22-25-27-29-31-33-35-38-40-43-46-49-52-55-64(68)73-59-63(77-66(70)57-54-51-48-45-42-39-36-34-32-30-28-26-23-20-17-14-11-8-5-2)61-75-78(71,72)74-60-62(58-67)76-65(69)56-53-50-47-44-41-37-24-21-18-15-12-9-6-3/h26,28,62-63,67H,4-25,27,29-61H2,1-3H3,(H,71,72)/b28-26-. The van der Waals surface area contributed by atoms with Crippen molar-refractivity contribution in [2.45, 2.75) is 367 Å². The number of aliphatic hydroxyl groups excluding tert-OH is 1. The van der Waals surface area contributed by atoms with Crippen LogP contribution in [0.4, 0.5) is 0 Å². The van der Waals surface area contributed by atoms with Crippen LogP contribution in [0.5, 0.6) is 0 Å². The van der Waals surface area contributed by atoms with E-state index in [4.69, 9.17) is 23.3 Å². The fourth-order valence-corrected chi connectivity index (χ4v) is 10.8. The van der Waals surface area contributed by atoms with Gasteiger partial charge in [0.25, 0.3) is 0 Å². The Morgan fingerprint density at radius 1 is 0.346 bits per heavy atom. The molecule has 0 amide bonds. The number of ether oxygens (including phenoxy) is 3. The quantitative estimate of drug-likeness (QED) is 0.0197. The summed E-state index contributed by atoms with van der Waals surface area (Å²) in [5, 5.41) is 9.84. The Labute approximate surface area is 481 Å². The number of phosphoric ester groups is 1. The van der Waals surface area contributed by atoms with Crippen molar-refractivity contribution in [2.75, 3.05) is 26.4 Å². The fourth-order valence-electron chi connectivity index (χ4n) is 10.1. The van der Waals surface area contributed by atoms with Crippen molar-refractivity contribution in [3.8, 4) is 0 Å². The van der Waals surface area contributed by atoms with Gasteiger partial charge in [0.2, 0.25) is 0 Å². The minimum absolute atomic E-state index is 0.173. The average Bonchev–Trinajstić information content (AvgIpc) is 3.43. The number of hydrogen-bond acceptors (Lipinski definition) is 10. The maximum atomic E-state index is 13.0. The molecule has 0 aromatic carbocycles. The molecule has 0 radical (unpaired) electrons. The molecule has 462 valence electrons. The molecule has 0 saturated heterocycles. The van der Waals surface area contributed by atoms with Gasteiger partial charge in [-0.15, -0.1) is 0 Å². The molecule has 0 saturated carbocycles. The van der Waals surface area contributed by atoms with E-state index in [-0.39, 0.29) is 25.9 Å². The summed E-state index contributed by atoms with van der Waals surface area (Å²) in [6, 6.07) is 0. The molecule has 0 fully saturated rings. The van der Waals surface area contributed by atoms with Crippen molar-refractivity contribution < 1.29 is 52.2 Å². The Balaban J connectivity index is 4.63. The number of allylic oxidation sites excluding steroid dienone is 2. The van der Waals surface area contributed by atoms with E-state index >= 15 is 0 Å². The summed E-state index contributed by atoms with van der Waals surface area (Å²) < 4.78 is 39.7. The van der Waals surface area contributed by atoms with E-state index in [2.05, 4.69) is 32.9 Å². The lowest BCUT2D eigenvalue weighted by Gasteiger charge is -2.21. The molecule has 0 spiro atoms. The van der Waals surface area contributed by atoms with Gasteiger partial charge in [0.1, 0.15) is 12.7 Å². The highest BCUT2D eigenvalue weighted by Gasteiger charge is 2.28. The summed E-state index contributed by atoms with van der Waals surface area (Å²) >= 11 is 0. The Hall–Kier alpha value is -1.78. The third kappa shape index (κ3) is 58.9. The van der Waals surface area contributed by atoms with Gasteiger partial charge < -0.3 is 24.2 Å². The highest BCUT2D eigenvalue weighted by molar-refractivity contribution is 7.47. The Morgan fingerprint density at radius 3 is 0.885 bits per heavy atom. The molecule has 0 aliphatic heterocycles. The molecule has 11 nitrogen and oxygen atoms in total. The predicted octanol–water partition coefficient (Wildman–Crippen LogP) is 20.4. The van der Waals surface area contributed by atoms with Crippen LogP contribution in [-0.2, 0) is 42.2 Å². The fraction of sp³-hybridized carbons (Fsp3) is 0.924. The largest absolute Gasteiger partial charge is 0.472 e. The molecule has 0 heterocycles. The first-order valence-electron chi connectivity index (χ1n) is 33.6. The van der Waals surface area contributed by atoms with Crippen molar-refractivity contribution >= 4 is 25.7 Å². The van der Waals surface area contributed by atoms with E-state index in [1.807, 2.05) is 0 Å². The number of carbonyl (C=O) groups excluding carboxylic acids is 3. The molecular weight excluding hydrogens is 1000 g/mol. The zero-order chi connectivity index (χ0) is 56.9. The van der Waals surface area contributed by atoms with E-state index in [1.165, 1.54) is 238 Å². The van der Waals surface area contributed by atoms with Gasteiger partial charge >= 0.3 is 25.7 Å². The summed E-state index contributed by atoms with van der Waals surface area (Å²) in [4.78, 5) is 48.8. The van der Waals surface area contributed by atoms with Gasteiger partial charge in [-0.3, -0.25) is 23.4 Å². The number of carbonyl (C=O) groups is 3. The normalized spacial score (nSPS) is 13.2. The van der Waals surface area contributed by atoms with Gasteiger partial charge in [-0.2, -0.15) is 0 Å². The molecule has 0 aliphatic carbocycles. The van der Waals surface area contributed by atoms with Crippen molar-refractivity contribution in [2.24, 2.45) is 0 Å². The molecular formula is C66H127O11P. The van der Waals surface area contributed by atoms with Crippen LogP contribution in [0.3, 0.4) is 0 Å². The van der Waals surface area contributed by atoms with Crippen LogP contribution >= 0.6 is 7.82 Å². The second kappa shape index (κ2) is 61.3. The second-order valence-corrected chi connectivity index (χ2v) is 24.5. The van der Waals surface area contributed by atoms with E-state index in [1.54, 1.807) is 0 Å². The number of hydrogen-bond donors (Lipinski definition) is 2. The molecule has 3 unspecified atom stereocenters. The van der Waals surface area contributed by atoms with Crippen LogP contribution in [0.1, 0.15) is 355 Å². The monoisotopic (exact) mass is 1130 g/mol. The Bertz CT molecular complexity index is 1360. The number of phosphoric acid groups is 1. The van der Waals surface area contributed by atoms with Crippen LogP contribution in [0, 0.1) is 0 Å². The maximum absolute atomic E-state index is 13.0. The summed E-state index contributed by atoms with van der Waals surface area (Å²) in [6.07, 6.45) is 63.0. The first-order chi connectivity index (χ1) is 38.2. The van der Waals surface area contributed by atoms with E-state index in [9.17, 15) is 28.9 Å². The lowest BCUT2D eigenvalue weighted by atomic mass is 10.0. The van der Waals surface area contributed by atoms with Crippen LogP contribution in [0.25, 0.3) is 0 Å². The molecule has 0 aromatic rings. The third-order valence-electron chi connectivity index (χ3n) is 15.2. The highest BCUT2D eigenvalue weighted by Crippen LogP contribution is 2.43. The second-order valence-electron chi connectivity index (χ2n) is 23.0. The highest BCUT2D eigenvalue weighted by atomic mass is 31.2. The molecule has 0 aliphatic rings. The number of aliphatic hydroxyl groups is 1. The van der Waals surface area contributed by atoms with Crippen LogP contribution < -0.4 is 0 Å². The minimum Gasteiger partial charge on any atom is -0.462 e. The zero-order valence-corrected chi connectivity index (χ0v) is 52.3. The summed E-state index contributed by atoms with van der Waals surface area (Å²) in [6.45, 7) is 4.74. The zero-order valence-electron chi connectivity index (χ0n) is 51.4. The lowest BCUT2D eigenvalue weighted by molar-refractivity contribution is -0.161. The van der Waals surface area contributed by atoms with Crippen LogP contribution in [-0.4, -0.2) is 66.5 Å². The molecule has 0 aromatic heterocycles. The number of rotatable bonds is 64. The van der Waals surface area contributed by atoms with Gasteiger partial charge in [0.05, 0.1) is 19.8 Å². The minimum atomic E-state index is -4.74. The summed E-state index contributed by atoms with van der Waals surface area (Å²) in [5.74, 6) is -1.43. The van der Waals surface area contributed by atoms with E-state index in [0.29, 0.717) is 19.3 Å². The van der Waals surface area contributed by atoms with Crippen molar-refractivity contribution in [1.82, 2.24) is 0 Å². The molecule has 3 atom stereocenters. The van der Waals surface area contributed by atoms with Gasteiger partial charge in [0, 0.05) is 19.3 Å². The van der Waals surface area contributed by atoms with E-state index in [0.717, 1.165) is 57.8 Å². The molecule has 0 bridgehead atoms. The number of esters is 3. The smallest absolute Gasteiger partial charge is 0.462 e. The van der Waals surface area contributed by atoms with Crippen LogP contribution in [0.2, 0.25) is 0 Å². The van der Waals surface area contributed by atoms with E-state index < -0.39 is 57.8 Å². The average molecular weight is 1130 g/mol. The molecule has 12 heteroatoms. The number of unbranched alkanes of at least 4 members (excludes halogenated alkanes) is 45. The SMILES string of the molecule is CCCCCCCC/C=C\CCCCCCCCCCCC(=O)OC(COC(=O)CCCCCCCCCCCCCCCCCCCCC)COP(=O)(O)OCC(CO)OC(=O)CCCCCCCCCCCCCCC. The Morgan fingerprint density at radius 2 is 0.590 bits per heavy atom. The van der Waals surface area contributed by atoms with Crippen LogP contribution in [0.15, 0.2) is 12.2 Å². The van der Waals surface area contributed by atoms with Gasteiger partial charge in [-0.1, -0.05) is 303 Å². The topological polar surface area (TPSA) is 155 Å². The van der Waals surface area contributed by atoms with Gasteiger partial charge in [-0.05, 0) is 44.9 Å². The first-order valence-corrected chi connectivity index (χ1v) is 35.1. The molecule has 0 rings (SSSR count). The Kier molecular flexibility index (Phi) is 59.9. The first kappa shape index (κ1) is 76.2. The summed E-state index contributed by atoms with van der Waals surface area (Å²) in [7, 11) is -4.74.